The van der Waals surface area contributed by atoms with E-state index in [1.54, 1.807) is 7.11 Å². The predicted octanol–water partition coefficient (Wildman–Crippen LogP) is 1.98. The average Bonchev–Trinajstić information content (AvgIpc) is 2.15. The molecule has 2 heteroatoms. The van der Waals surface area contributed by atoms with Gasteiger partial charge in [0.05, 0.1) is 7.11 Å². The van der Waals surface area contributed by atoms with Crippen LogP contribution in [0.4, 0.5) is 0 Å². The highest BCUT2D eigenvalue weighted by Gasteiger charge is 1.97. The molecule has 0 aromatic heterocycles. The Morgan fingerprint density at radius 3 is 2.38 bits per heavy atom. The van der Waals surface area contributed by atoms with E-state index in [0.717, 1.165) is 18.6 Å². The second-order valence-electron chi connectivity index (χ2n) is 3.36. The lowest BCUT2D eigenvalue weighted by Gasteiger charge is -2.05. The van der Waals surface area contributed by atoms with Crippen molar-refractivity contribution in [2.24, 2.45) is 5.73 Å². The maximum Gasteiger partial charge on any atom is 0.118 e. The Kier molecular flexibility index (Phi) is 3.77. The Morgan fingerprint density at radius 1 is 1.31 bits per heavy atom. The topological polar surface area (TPSA) is 35.2 Å². The van der Waals surface area contributed by atoms with Crippen LogP contribution in [-0.4, -0.2) is 13.2 Å². The fraction of sp³-hybridized carbons (Fsp3) is 0.455. The van der Waals surface area contributed by atoms with E-state index in [1.165, 1.54) is 5.56 Å². The number of benzene rings is 1. The van der Waals surface area contributed by atoms with E-state index in [2.05, 4.69) is 12.1 Å². The fourth-order valence-corrected chi connectivity index (χ4v) is 1.19. The van der Waals surface area contributed by atoms with Gasteiger partial charge in [0.25, 0.3) is 0 Å². The molecule has 0 bridgehead atoms. The molecule has 1 atom stereocenters. The van der Waals surface area contributed by atoms with Crippen molar-refractivity contribution in [3.63, 3.8) is 0 Å². The van der Waals surface area contributed by atoms with Crippen LogP contribution in [0.5, 0.6) is 5.75 Å². The van der Waals surface area contributed by atoms with Gasteiger partial charge in [0, 0.05) is 6.04 Å². The highest BCUT2D eigenvalue weighted by atomic mass is 16.5. The van der Waals surface area contributed by atoms with Gasteiger partial charge >= 0.3 is 0 Å². The van der Waals surface area contributed by atoms with Crippen molar-refractivity contribution in [1.82, 2.24) is 0 Å². The minimum absolute atomic E-state index is 0.280. The average molecular weight is 179 g/mol. The molecule has 0 saturated heterocycles. The van der Waals surface area contributed by atoms with Gasteiger partial charge in [0.15, 0.2) is 0 Å². The molecule has 72 valence electrons. The van der Waals surface area contributed by atoms with E-state index in [0.29, 0.717) is 0 Å². The molecular weight excluding hydrogens is 162 g/mol. The molecule has 0 fully saturated rings. The molecular formula is C11H17NO. The van der Waals surface area contributed by atoms with Gasteiger partial charge < -0.3 is 10.5 Å². The molecule has 0 aliphatic heterocycles. The summed E-state index contributed by atoms with van der Waals surface area (Å²) >= 11 is 0. The van der Waals surface area contributed by atoms with Gasteiger partial charge in [-0.15, -0.1) is 0 Å². The van der Waals surface area contributed by atoms with E-state index >= 15 is 0 Å². The van der Waals surface area contributed by atoms with Crippen LogP contribution in [0.3, 0.4) is 0 Å². The molecule has 2 nitrogen and oxygen atoms in total. The SMILES string of the molecule is COc1ccc(CC[C@H](C)N)cc1. The van der Waals surface area contributed by atoms with E-state index < -0.39 is 0 Å². The third-order valence-corrected chi connectivity index (χ3v) is 2.05. The van der Waals surface area contributed by atoms with Crippen LogP contribution in [0.1, 0.15) is 18.9 Å². The Hall–Kier alpha value is -1.02. The van der Waals surface area contributed by atoms with Gasteiger partial charge in [-0.05, 0) is 37.5 Å². The molecule has 0 spiro atoms. The molecule has 2 N–H and O–H groups in total. The minimum atomic E-state index is 0.280. The first-order chi connectivity index (χ1) is 6.22. The monoisotopic (exact) mass is 179 g/mol. The number of nitrogens with two attached hydrogens (primary N) is 1. The van der Waals surface area contributed by atoms with Gasteiger partial charge in [-0.25, -0.2) is 0 Å². The van der Waals surface area contributed by atoms with Crippen molar-refractivity contribution in [2.45, 2.75) is 25.8 Å². The molecule has 1 aromatic rings. The van der Waals surface area contributed by atoms with Crippen LogP contribution < -0.4 is 10.5 Å². The Bertz CT molecular complexity index is 241. The summed E-state index contributed by atoms with van der Waals surface area (Å²) in [6.45, 7) is 2.03. The van der Waals surface area contributed by atoms with Crippen LogP contribution in [0.15, 0.2) is 24.3 Å². The third kappa shape index (κ3) is 3.47. The molecule has 13 heavy (non-hydrogen) atoms. The van der Waals surface area contributed by atoms with Gasteiger partial charge in [-0.2, -0.15) is 0 Å². The summed E-state index contributed by atoms with van der Waals surface area (Å²) in [5, 5.41) is 0. The van der Waals surface area contributed by atoms with Gasteiger partial charge in [-0.3, -0.25) is 0 Å². The zero-order valence-corrected chi connectivity index (χ0v) is 8.29. The summed E-state index contributed by atoms with van der Waals surface area (Å²) in [7, 11) is 1.68. The van der Waals surface area contributed by atoms with Crippen molar-refractivity contribution in [3.8, 4) is 5.75 Å². The van der Waals surface area contributed by atoms with Crippen LogP contribution in [-0.2, 0) is 6.42 Å². The predicted molar refractivity (Wildman–Crippen MR) is 55.0 cm³/mol. The van der Waals surface area contributed by atoms with Crippen molar-refractivity contribution in [1.29, 1.82) is 0 Å². The molecule has 0 unspecified atom stereocenters. The van der Waals surface area contributed by atoms with Gasteiger partial charge in [0.1, 0.15) is 5.75 Å². The van der Waals surface area contributed by atoms with Crippen LogP contribution >= 0.6 is 0 Å². The molecule has 0 amide bonds. The van der Waals surface area contributed by atoms with E-state index in [1.807, 2.05) is 19.1 Å². The van der Waals surface area contributed by atoms with E-state index in [-0.39, 0.29) is 6.04 Å². The number of rotatable bonds is 4. The third-order valence-electron chi connectivity index (χ3n) is 2.05. The second kappa shape index (κ2) is 4.87. The normalized spacial score (nSPS) is 12.5. The van der Waals surface area contributed by atoms with Gasteiger partial charge in [0.2, 0.25) is 0 Å². The zero-order chi connectivity index (χ0) is 9.68. The summed E-state index contributed by atoms with van der Waals surface area (Å²) < 4.78 is 5.07. The maximum atomic E-state index is 5.67. The number of methoxy groups -OCH3 is 1. The number of hydrogen-bond donors (Lipinski definition) is 1. The molecule has 1 rings (SSSR count). The number of hydrogen-bond acceptors (Lipinski definition) is 2. The molecule has 0 aliphatic rings. The number of ether oxygens (including phenoxy) is 1. The summed E-state index contributed by atoms with van der Waals surface area (Å²) in [4.78, 5) is 0. The minimum Gasteiger partial charge on any atom is -0.497 e. The molecule has 1 aromatic carbocycles. The largest absolute Gasteiger partial charge is 0.497 e. The van der Waals surface area contributed by atoms with Crippen molar-refractivity contribution < 1.29 is 4.74 Å². The quantitative estimate of drug-likeness (QED) is 0.767. The molecule has 0 aliphatic carbocycles. The Balaban J connectivity index is 2.49. The lowest BCUT2D eigenvalue weighted by Crippen LogP contribution is -2.15. The van der Waals surface area contributed by atoms with Crippen molar-refractivity contribution in [3.05, 3.63) is 29.8 Å². The van der Waals surface area contributed by atoms with Crippen LogP contribution in [0.25, 0.3) is 0 Å². The maximum absolute atomic E-state index is 5.67. The first-order valence-corrected chi connectivity index (χ1v) is 4.61. The number of aryl methyl sites for hydroxylation is 1. The Morgan fingerprint density at radius 2 is 1.92 bits per heavy atom. The van der Waals surface area contributed by atoms with Crippen LogP contribution in [0, 0.1) is 0 Å². The van der Waals surface area contributed by atoms with Crippen molar-refractivity contribution >= 4 is 0 Å². The molecule has 0 saturated carbocycles. The highest BCUT2D eigenvalue weighted by Crippen LogP contribution is 2.12. The van der Waals surface area contributed by atoms with Crippen molar-refractivity contribution in [2.75, 3.05) is 7.11 Å². The summed E-state index contributed by atoms with van der Waals surface area (Å²) in [5.74, 6) is 0.907. The van der Waals surface area contributed by atoms with E-state index in [4.69, 9.17) is 10.5 Å². The Labute approximate surface area is 79.7 Å². The lowest BCUT2D eigenvalue weighted by molar-refractivity contribution is 0.414. The van der Waals surface area contributed by atoms with Gasteiger partial charge in [-0.1, -0.05) is 12.1 Å². The smallest absolute Gasteiger partial charge is 0.118 e. The first-order valence-electron chi connectivity index (χ1n) is 4.61. The highest BCUT2D eigenvalue weighted by molar-refractivity contribution is 5.27. The first kappa shape index (κ1) is 10.1. The van der Waals surface area contributed by atoms with E-state index in [9.17, 15) is 0 Å². The molecule has 0 radical (unpaired) electrons. The summed E-state index contributed by atoms with van der Waals surface area (Å²) in [6, 6.07) is 8.41. The zero-order valence-electron chi connectivity index (χ0n) is 8.29. The second-order valence-corrected chi connectivity index (χ2v) is 3.36. The summed E-state index contributed by atoms with van der Waals surface area (Å²) in [6.07, 6.45) is 2.08. The summed E-state index contributed by atoms with van der Waals surface area (Å²) in [5.41, 5.74) is 6.99. The van der Waals surface area contributed by atoms with Crippen LogP contribution in [0.2, 0.25) is 0 Å². The molecule has 0 heterocycles. The standard InChI is InChI=1S/C11H17NO/c1-9(12)3-4-10-5-7-11(13-2)8-6-10/h5-9H,3-4,12H2,1-2H3/t9-/m0/s1. The lowest BCUT2D eigenvalue weighted by atomic mass is 10.1. The fourth-order valence-electron chi connectivity index (χ4n) is 1.19.